The number of para-hydroxylation sites is 1. The molecular weight excluding hydrogens is 691 g/mol. The van der Waals surface area contributed by atoms with Crippen LogP contribution >= 0.6 is 12.2 Å². The Morgan fingerprint density at radius 3 is 2.37 bits per heavy atom. The first kappa shape index (κ1) is 37.6. The topological polar surface area (TPSA) is 87.1 Å². The molecule has 0 saturated carbocycles. The van der Waals surface area contributed by atoms with Crippen molar-refractivity contribution in [3.05, 3.63) is 102 Å². The normalized spacial score (nSPS) is 11.4. The number of nitrogens with zero attached hydrogens (tertiary/aromatic N) is 3. The van der Waals surface area contributed by atoms with Gasteiger partial charge >= 0.3 is 0 Å². The van der Waals surface area contributed by atoms with Crippen LogP contribution in [0, 0.1) is 11.6 Å². The van der Waals surface area contributed by atoms with Crippen LogP contribution in [0.3, 0.4) is 0 Å². The molecule has 51 heavy (non-hydrogen) atoms. The summed E-state index contributed by atoms with van der Waals surface area (Å²) in [5, 5.41) is 3.16. The molecule has 0 radical (unpaired) electrons. The van der Waals surface area contributed by atoms with Gasteiger partial charge in [-0.1, -0.05) is 50.0 Å². The minimum atomic E-state index is -1.32. The van der Waals surface area contributed by atoms with E-state index in [-0.39, 0.29) is 29.2 Å². The SMILES string of the molecule is COCCCN(C)C(=O)c1ccc(-c2cn(COCC[Si](C)(C)C)c3nccc(Oc4c(F)cc(NC(=S)Oc5ccccc5)cc4F)c23)cc1. The van der Waals surface area contributed by atoms with E-state index >= 15 is 8.78 Å². The quantitative estimate of drug-likeness (QED) is 0.0649. The van der Waals surface area contributed by atoms with Crippen LogP contribution < -0.4 is 14.8 Å². The summed E-state index contributed by atoms with van der Waals surface area (Å²) >= 11 is 5.22. The summed E-state index contributed by atoms with van der Waals surface area (Å²) < 4.78 is 55.6. The Morgan fingerprint density at radius 1 is 1.00 bits per heavy atom. The van der Waals surface area contributed by atoms with E-state index in [4.69, 9.17) is 31.2 Å². The van der Waals surface area contributed by atoms with Crippen molar-refractivity contribution in [3.8, 4) is 28.4 Å². The van der Waals surface area contributed by atoms with Crippen molar-refractivity contribution in [2.75, 3.05) is 39.2 Å². The number of thiocarbonyl (C=S) groups is 1. The lowest BCUT2D eigenvalue weighted by molar-refractivity contribution is 0.0779. The maximum atomic E-state index is 15.5. The highest BCUT2D eigenvalue weighted by Gasteiger charge is 2.22. The Balaban J connectivity index is 1.44. The number of pyridine rings is 1. The molecule has 0 unspecified atom stereocenters. The van der Waals surface area contributed by atoms with Gasteiger partial charge in [-0.2, -0.15) is 0 Å². The number of rotatable bonds is 15. The third-order valence-corrected chi connectivity index (χ3v) is 9.88. The van der Waals surface area contributed by atoms with Crippen molar-refractivity contribution in [1.29, 1.82) is 0 Å². The van der Waals surface area contributed by atoms with Gasteiger partial charge in [-0.05, 0) is 60.6 Å². The molecule has 5 aromatic rings. The van der Waals surface area contributed by atoms with Gasteiger partial charge in [-0.25, -0.2) is 13.8 Å². The fraction of sp³-hybridized carbons (Fsp3) is 0.289. The van der Waals surface area contributed by atoms with Crippen LogP contribution in [0.15, 0.2) is 85.2 Å². The third kappa shape index (κ3) is 9.97. The Bertz CT molecular complexity index is 1950. The van der Waals surface area contributed by atoms with Crippen LogP contribution in [0.4, 0.5) is 14.5 Å². The molecule has 0 atom stereocenters. The average molecular weight is 733 g/mol. The molecule has 2 aromatic heterocycles. The first-order chi connectivity index (χ1) is 24.4. The first-order valence-electron chi connectivity index (χ1n) is 16.5. The standard InChI is InChI=1S/C38H42F2N4O5SSi/c1-43(18-9-19-46-2)37(45)27-14-12-26(13-15-27)30-24-44(25-47-20-21-51(3,4)5)36-34(30)33(16-17-41-36)49-35-31(39)22-28(23-32(35)40)42-38(50)48-29-10-7-6-8-11-29/h6-8,10-17,22-24H,9,18-21,25H2,1-5H3,(H,42,50). The lowest BCUT2D eigenvalue weighted by Gasteiger charge is -2.17. The molecule has 0 aliphatic rings. The van der Waals surface area contributed by atoms with Crippen LogP contribution in [-0.4, -0.2) is 67.5 Å². The second-order valence-electron chi connectivity index (χ2n) is 13.2. The van der Waals surface area contributed by atoms with Crippen molar-refractivity contribution in [3.63, 3.8) is 0 Å². The van der Waals surface area contributed by atoms with Crippen molar-refractivity contribution in [1.82, 2.24) is 14.5 Å². The molecule has 0 aliphatic heterocycles. The van der Waals surface area contributed by atoms with E-state index in [1.54, 1.807) is 61.5 Å². The number of ether oxygens (including phenoxy) is 4. The van der Waals surface area contributed by atoms with E-state index in [0.717, 1.165) is 30.2 Å². The van der Waals surface area contributed by atoms with Gasteiger partial charge < -0.3 is 33.7 Å². The average Bonchev–Trinajstić information content (AvgIpc) is 3.47. The molecular formula is C38H42F2N4O5SSi. The monoisotopic (exact) mass is 732 g/mol. The van der Waals surface area contributed by atoms with E-state index in [2.05, 4.69) is 29.9 Å². The summed E-state index contributed by atoms with van der Waals surface area (Å²) in [5.41, 5.74) is 2.54. The van der Waals surface area contributed by atoms with Crippen LogP contribution in [0.5, 0.6) is 17.2 Å². The van der Waals surface area contributed by atoms with E-state index in [9.17, 15) is 4.79 Å². The van der Waals surface area contributed by atoms with Crippen LogP contribution in [0.25, 0.3) is 22.2 Å². The smallest absolute Gasteiger partial charge is 0.266 e. The van der Waals surface area contributed by atoms with Gasteiger partial charge in [0.05, 0.1) is 5.39 Å². The van der Waals surface area contributed by atoms with E-state index in [0.29, 0.717) is 47.7 Å². The summed E-state index contributed by atoms with van der Waals surface area (Å²) in [7, 11) is 2.06. The van der Waals surface area contributed by atoms with Crippen LogP contribution in [0.1, 0.15) is 16.8 Å². The Morgan fingerprint density at radius 2 is 1.71 bits per heavy atom. The molecule has 0 spiro atoms. The maximum absolute atomic E-state index is 15.5. The summed E-state index contributed by atoms with van der Waals surface area (Å²) in [4.78, 5) is 19.3. The highest BCUT2D eigenvalue weighted by atomic mass is 32.1. The largest absolute Gasteiger partial charge is 0.450 e. The number of fused-ring (bicyclic) bond motifs is 1. The molecule has 1 amide bonds. The number of nitrogens with one attached hydrogen (secondary N) is 1. The summed E-state index contributed by atoms with van der Waals surface area (Å²) in [6.07, 6.45) is 4.12. The van der Waals surface area contributed by atoms with Gasteiger partial charge in [0.1, 0.15) is 23.9 Å². The van der Waals surface area contributed by atoms with Gasteiger partial charge in [0, 0.05) is 83.3 Å². The summed E-state index contributed by atoms with van der Waals surface area (Å²) in [5.74, 6) is -1.93. The van der Waals surface area contributed by atoms with Gasteiger partial charge in [0.25, 0.3) is 11.1 Å². The van der Waals surface area contributed by atoms with Crippen molar-refractivity contribution in [2.24, 2.45) is 0 Å². The minimum Gasteiger partial charge on any atom is -0.450 e. The molecule has 0 bridgehead atoms. The number of halogens is 2. The Labute approximate surface area is 303 Å². The summed E-state index contributed by atoms with van der Waals surface area (Å²) in [6.45, 7) is 8.77. The molecule has 13 heteroatoms. The van der Waals surface area contributed by atoms with Gasteiger partial charge in [-0.15, -0.1) is 0 Å². The number of aromatic nitrogens is 2. The van der Waals surface area contributed by atoms with Crippen LogP contribution in [-0.2, 0) is 16.2 Å². The van der Waals surface area contributed by atoms with Gasteiger partial charge in [0.15, 0.2) is 17.4 Å². The zero-order valence-electron chi connectivity index (χ0n) is 29.4. The molecule has 0 saturated heterocycles. The molecule has 2 heterocycles. The van der Waals surface area contributed by atoms with E-state index in [1.165, 1.54) is 6.20 Å². The second-order valence-corrected chi connectivity index (χ2v) is 19.2. The third-order valence-electron chi connectivity index (χ3n) is 7.99. The minimum absolute atomic E-state index is 0.0550. The Hall–Kier alpha value is -4.69. The van der Waals surface area contributed by atoms with E-state index < -0.39 is 25.5 Å². The molecule has 3 aromatic carbocycles. The number of amides is 1. The lowest BCUT2D eigenvalue weighted by atomic mass is 10.0. The molecule has 1 N–H and O–H groups in total. The zero-order valence-corrected chi connectivity index (χ0v) is 31.2. The fourth-order valence-electron chi connectivity index (χ4n) is 5.27. The number of methoxy groups -OCH3 is 1. The highest BCUT2D eigenvalue weighted by molar-refractivity contribution is 7.80. The van der Waals surface area contributed by atoms with Gasteiger partial charge in [-0.3, -0.25) is 4.79 Å². The molecule has 5 rings (SSSR count). The fourth-order valence-corrected chi connectivity index (χ4v) is 6.24. The van der Waals surface area contributed by atoms with Gasteiger partial charge in [0.2, 0.25) is 0 Å². The van der Waals surface area contributed by atoms with Crippen molar-refractivity contribution >= 4 is 48.1 Å². The molecule has 0 aliphatic carbocycles. The number of benzene rings is 3. The van der Waals surface area contributed by atoms with Crippen molar-refractivity contribution in [2.45, 2.75) is 38.8 Å². The predicted octanol–water partition coefficient (Wildman–Crippen LogP) is 8.97. The maximum Gasteiger partial charge on any atom is 0.266 e. The number of carbonyl (C=O) groups is 1. The number of anilines is 1. The zero-order chi connectivity index (χ0) is 36.5. The molecule has 9 nitrogen and oxygen atoms in total. The number of hydrogen-bond acceptors (Lipinski definition) is 7. The first-order valence-corrected chi connectivity index (χ1v) is 20.7. The number of carbonyl (C=O) groups excluding carboxylic acids is 1. The van der Waals surface area contributed by atoms with Crippen LogP contribution in [0.2, 0.25) is 25.7 Å². The molecule has 0 fully saturated rings. The van der Waals surface area contributed by atoms with E-state index in [1.807, 2.05) is 29.0 Å². The molecule has 268 valence electrons. The summed E-state index contributed by atoms with van der Waals surface area (Å²) in [6, 6.07) is 20.7. The number of hydrogen-bond donors (Lipinski definition) is 1. The highest BCUT2D eigenvalue weighted by Crippen LogP contribution is 2.40. The second kappa shape index (κ2) is 17.0. The van der Waals surface area contributed by atoms with Crippen molar-refractivity contribution < 1.29 is 32.5 Å². The predicted molar refractivity (Wildman–Crippen MR) is 202 cm³/mol. The lowest BCUT2D eigenvalue weighted by Crippen LogP contribution is -2.28. The Kier molecular flexibility index (Phi) is 12.5.